The Hall–Kier alpha value is -3.08. The molecule has 1 aromatic heterocycles. The van der Waals surface area contributed by atoms with E-state index in [4.69, 9.17) is 11.6 Å². The summed E-state index contributed by atoms with van der Waals surface area (Å²) in [6.07, 6.45) is 1.82. The minimum Gasteiger partial charge on any atom is -0.341 e. The molecular weight excluding hydrogens is 454 g/mol. The average Bonchev–Trinajstić information content (AvgIpc) is 3.21. The Balaban J connectivity index is 1.25. The highest BCUT2D eigenvalue weighted by Crippen LogP contribution is 2.26. The van der Waals surface area contributed by atoms with Crippen molar-refractivity contribution in [1.82, 2.24) is 14.4 Å². The van der Waals surface area contributed by atoms with Gasteiger partial charge in [0, 0.05) is 48.8 Å². The van der Waals surface area contributed by atoms with Gasteiger partial charge >= 0.3 is 0 Å². The summed E-state index contributed by atoms with van der Waals surface area (Å²) in [4.78, 5) is 17.4. The van der Waals surface area contributed by atoms with Crippen LogP contribution in [0.3, 0.4) is 0 Å². The number of rotatable bonds is 7. The van der Waals surface area contributed by atoms with Gasteiger partial charge in [-0.25, -0.2) is 0 Å². The van der Waals surface area contributed by atoms with E-state index in [1.54, 1.807) is 0 Å². The molecule has 0 saturated carbocycles. The van der Waals surface area contributed by atoms with Crippen molar-refractivity contribution in [3.63, 3.8) is 0 Å². The predicted molar refractivity (Wildman–Crippen MR) is 143 cm³/mol. The molecule has 1 aliphatic heterocycles. The number of amides is 1. The number of nitrogens with zero attached hydrogens (tertiary/aromatic N) is 3. The van der Waals surface area contributed by atoms with E-state index in [9.17, 15) is 4.79 Å². The topological polar surface area (TPSA) is 28.5 Å². The highest BCUT2D eigenvalue weighted by Gasteiger charge is 2.27. The van der Waals surface area contributed by atoms with Crippen LogP contribution in [0.4, 0.5) is 0 Å². The first kappa shape index (κ1) is 23.7. The Morgan fingerprint density at radius 2 is 1.60 bits per heavy atom. The monoisotopic (exact) mass is 485 g/mol. The van der Waals surface area contributed by atoms with Crippen LogP contribution in [0.1, 0.15) is 29.7 Å². The Labute approximate surface area is 212 Å². The minimum absolute atomic E-state index is 0.109. The van der Waals surface area contributed by atoms with E-state index >= 15 is 0 Å². The molecule has 4 nitrogen and oxygen atoms in total. The first-order valence-corrected chi connectivity index (χ1v) is 12.8. The summed E-state index contributed by atoms with van der Waals surface area (Å²) in [5.74, 6) is 0.376. The van der Waals surface area contributed by atoms with Gasteiger partial charge in [0.2, 0.25) is 5.91 Å². The van der Waals surface area contributed by atoms with Gasteiger partial charge in [0.1, 0.15) is 0 Å². The van der Waals surface area contributed by atoms with Crippen molar-refractivity contribution in [2.75, 3.05) is 20.1 Å². The molecule has 5 heteroatoms. The Bertz CT molecular complexity index is 1290. The normalized spacial score (nSPS) is 14.9. The first-order valence-electron chi connectivity index (χ1n) is 12.4. The van der Waals surface area contributed by atoms with Gasteiger partial charge in [-0.05, 0) is 66.7 Å². The molecule has 0 unspecified atom stereocenters. The SMILES string of the molecule is CN(Cc1ccccc1)C(=O)C1CCN(Cc2cc3ccccc3n2Cc2cccc(Cl)c2)CC1. The molecule has 0 spiro atoms. The highest BCUT2D eigenvalue weighted by molar-refractivity contribution is 6.30. The van der Waals surface area contributed by atoms with Crippen LogP contribution in [-0.4, -0.2) is 40.4 Å². The van der Waals surface area contributed by atoms with Gasteiger partial charge in [-0.2, -0.15) is 0 Å². The number of halogens is 1. The Kier molecular flexibility index (Phi) is 7.21. The molecule has 3 aromatic carbocycles. The largest absolute Gasteiger partial charge is 0.341 e. The number of piperidine rings is 1. The number of aromatic nitrogens is 1. The van der Waals surface area contributed by atoms with Crippen LogP contribution in [0.25, 0.3) is 10.9 Å². The van der Waals surface area contributed by atoms with Gasteiger partial charge in [-0.15, -0.1) is 0 Å². The number of carbonyl (C=O) groups excluding carboxylic acids is 1. The van der Waals surface area contributed by atoms with Gasteiger partial charge in [-0.1, -0.05) is 72.3 Å². The standard InChI is InChI=1S/C30H32ClN3O/c1-32(20-23-8-3-2-4-9-23)30(35)25-14-16-33(17-15-25)22-28-19-26-11-5-6-13-29(26)34(28)21-24-10-7-12-27(31)18-24/h2-13,18-19,25H,14-17,20-22H2,1H3. The van der Waals surface area contributed by atoms with Crippen molar-refractivity contribution in [3.8, 4) is 0 Å². The van der Waals surface area contributed by atoms with Crippen molar-refractivity contribution in [2.24, 2.45) is 5.92 Å². The molecule has 0 bridgehead atoms. The second kappa shape index (κ2) is 10.7. The molecule has 0 radical (unpaired) electrons. The van der Waals surface area contributed by atoms with Crippen LogP contribution in [0.5, 0.6) is 0 Å². The third-order valence-electron chi connectivity index (χ3n) is 7.09. The summed E-state index contributed by atoms with van der Waals surface area (Å²) in [5.41, 5.74) is 4.92. The molecule has 1 aliphatic rings. The zero-order chi connectivity index (χ0) is 24.2. The molecule has 0 N–H and O–H groups in total. The van der Waals surface area contributed by atoms with E-state index in [1.165, 1.54) is 27.7 Å². The van der Waals surface area contributed by atoms with Gasteiger partial charge in [0.15, 0.2) is 0 Å². The molecule has 0 aliphatic carbocycles. The zero-order valence-electron chi connectivity index (χ0n) is 20.2. The lowest BCUT2D eigenvalue weighted by atomic mass is 9.95. The predicted octanol–water partition coefficient (Wildman–Crippen LogP) is 6.21. The molecule has 4 aromatic rings. The molecule has 0 atom stereocenters. The van der Waals surface area contributed by atoms with Crippen LogP contribution in [0, 0.1) is 5.92 Å². The number of benzene rings is 3. The summed E-state index contributed by atoms with van der Waals surface area (Å²) in [7, 11) is 1.93. The summed E-state index contributed by atoms with van der Waals surface area (Å²) < 4.78 is 2.41. The van der Waals surface area contributed by atoms with Crippen molar-refractivity contribution in [1.29, 1.82) is 0 Å². The fourth-order valence-electron chi connectivity index (χ4n) is 5.22. The van der Waals surface area contributed by atoms with Crippen molar-refractivity contribution < 1.29 is 4.79 Å². The third kappa shape index (κ3) is 5.61. The van der Waals surface area contributed by atoms with Crippen LogP contribution < -0.4 is 0 Å². The van der Waals surface area contributed by atoms with Crippen LogP contribution in [-0.2, 0) is 24.4 Å². The van der Waals surface area contributed by atoms with Crippen molar-refractivity contribution in [2.45, 2.75) is 32.5 Å². The van der Waals surface area contributed by atoms with Gasteiger partial charge in [0.05, 0.1) is 0 Å². The third-order valence-corrected chi connectivity index (χ3v) is 7.32. The fourth-order valence-corrected chi connectivity index (χ4v) is 5.43. The van der Waals surface area contributed by atoms with E-state index in [1.807, 2.05) is 48.3 Å². The summed E-state index contributed by atoms with van der Waals surface area (Å²) in [6.45, 7) is 4.23. The van der Waals surface area contributed by atoms with E-state index in [0.29, 0.717) is 6.54 Å². The molecule has 1 fully saturated rings. The minimum atomic E-state index is 0.109. The number of likely N-dealkylation sites (tertiary alicyclic amines) is 1. The second-order valence-electron chi connectivity index (χ2n) is 9.64. The maximum atomic E-state index is 13.1. The van der Waals surface area contributed by atoms with Crippen molar-refractivity contribution >= 4 is 28.4 Å². The van der Waals surface area contributed by atoms with E-state index in [2.05, 4.69) is 58.0 Å². The summed E-state index contributed by atoms with van der Waals surface area (Å²) >= 11 is 6.26. The summed E-state index contributed by atoms with van der Waals surface area (Å²) in [6, 6.07) is 29.2. The maximum absolute atomic E-state index is 13.1. The fraction of sp³-hybridized carbons (Fsp3) is 0.300. The number of hydrogen-bond donors (Lipinski definition) is 0. The Morgan fingerprint density at radius 3 is 2.37 bits per heavy atom. The van der Waals surface area contributed by atoms with Crippen LogP contribution in [0.15, 0.2) is 84.9 Å². The van der Waals surface area contributed by atoms with Gasteiger partial charge < -0.3 is 9.47 Å². The molecule has 1 amide bonds. The molecule has 180 valence electrons. The highest BCUT2D eigenvalue weighted by atomic mass is 35.5. The number of para-hydroxylation sites is 1. The summed E-state index contributed by atoms with van der Waals surface area (Å²) in [5, 5.41) is 2.03. The molecule has 2 heterocycles. The maximum Gasteiger partial charge on any atom is 0.225 e. The number of carbonyl (C=O) groups is 1. The smallest absolute Gasteiger partial charge is 0.225 e. The lowest BCUT2D eigenvalue weighted by Gasteiger charge is -2.33. The van der Waals surface area contributed by atoms with Crippen molar-refractivity contribution in [3.05, 3.63) is 107 Å². The van der Waals surface area contributed by atoms with E-state index < -0.39 is 0 Å². The van der Waals surface area contributed by atoms with Crippen LogP contribution in [0.2, 0.25) is 5.02 Å². The quantitative estimate of drug-likeness (QED) is 0.311. The molecular formula is C30H32ClN3O. The number of fused-ring (bicyclic) bond motifs is 1. The number of hydrogen-bond acceptors (Lipinski definition) is 2. The average molecular weight is 486 g/mol. The first-order chi connectivity index (χ1) is 17.1. The van der Waals surface area contributed by atoms with Gasteiger partial charge in [-0.3, -0.25) is 9.69 Å². The van der Waals surface area contributed by atoms with Crippen LogP contribution >= 0.6 is 11.6 Å². The Morgan fingerprint density at radius 1 is 0.886 bits per heavy atom. The second-order valence-corrected chi connectivity index (χ2v) is 10.1. The lowest BCUT2D eigenvalue weighted by Crippen LogP contribution is -2.41. The molecule has 5 rings (SSSR count). The lowest BCUT2D eigenvalue weighted by molar-refractivity contribution is -0.136. The molecule has 1 saturated heterocycles. The molecule has 35 heavy (non-hydrogen) atoms. The van der Waals surface area contributed by atoms with E-state index in [-0.39, 0.29) is 11.8 Å². The van der Waals surface area contributed by atoms with E-state index in [0.717, 1.165) is 44.0 Å². The van der Waals surface area contributed by atoms with Gasteiger partial charge in [0.25, 0.3) is 0 Å². The zero-order valence-corrected chi connectivity index (χ0v) is 21.0.